The van der Waals surface area contributed by atoms with Crippen LogP contribution in [0.3, 0.4) is 0 Å². The van der Waals surface area contributed by atoms with Crippen LogP contribution in [0.2, 0.25) is 5.02 Å². The zero-order valence-electron chi connectivity index (χ0n) is 13.1. The summed E-state index contributed by atoms with van der Waals surface area (Å²) in [6, 6.07) is 10.9. The topological polar surface area (TPSA) is 61.0 Å². The summed E-state index contributed by atoms with van der Waals surface area (Å²) in [5, 5.41) is 3.49. The molecule has 0 saturated heterocycles. The van der Waals surface area contributed by atoms with E-state index < -0.39 is 0 Å². The van der Waals surface area contributed by atoms with Crippen molar-refractivity contribution in [3.8, 4) is 0 Å². The summed E-state index contributed by atoms with van der Waals surface area (Å²) in [4.78, 5) is 22.1. The molecular weight excluding hydrogens is 312 g/mol. The van der Waals surface area contributed by atoms with Crippen LogP contribution in [-0.2, 0) is 0 Å². The zero-order chi connectivity index (χ0) is 16.6. The largest absolute Gasteiger partial charge is 0.349 e. The smallest absolute Gasteiger partial charge is 0.257 e. The molecule has 118 valence electrons. The Morgan fingerprint density at radius 1 is 1.26 bits per heavy atom. The molecule has 0 bridgehead atoms. The summed E-state index contributed by atoms with van der Waals surface area (Å²) in [6.45, 7) is 1.92. The van der Waals surface area contributed by atoms with Gasteiger partial charge in [0.25, 0.3) is 5.91 Å². The molecule has 0 aliphatic heterocycles. The average molecular weight is 329 g/mol. The second-order valence-electron chi connectivity index (χ2n) is 5.57. The molecule has 1 amide bonds. The minimum atomic E-state index is -0.215. The fraction of sp³-hybridized carbons (Fsp3) is 0.176. The van der Waals surface area contributed by atoms with E-state index in [1.165, 1.54) is 0 Å². The summed E-state index contributed by atoms with van der Waals surface area (Å²) in [5.74, 6) is 0.492. The summed E-state index contributed by atoms with van der Waals surface area (Å²) in [6.07, 6.45) is 0. The lowest BCUT2D eigenvalue weighted by atomic mass is 10.1. The van der Waals surface area contributed by atoms with Gasteiger partial charge < -0.3 is 15.2 Å². The Hall–Kier alpha value is -2.53. The Balaban J connectivity index is 1.95. The number of carbonyl (C=O) groups is 1. The van der Waals surface area contributed by atoms with Gasteiger partial charge in [0, 0.05) is 24.8 Å². The van der Waals surface area contributed by atoms with Crippen molar-refractivity contribution in [1.29, 1.82) is 0 Å². The molecule has 0 aliphatic rings. The molecule has 23 heavy (non-hydrogen) atoms. The molecule has 1 heterocycles. The van der Waals surface area contributed by atoms with Crippen molar-refractivity contribution in [2.45, 2.75) is 6.92 Å². The van der Waals surface area contributed by atoms with Crippen molar-refractivity contribution in [2.75, 3.05) is 24.3 Å². The number of para-hydroxylation sites is 1. The Morgan fingerprint density at radius 3 is 2.74 bits per heavy atom. The standard InChI is InChI=1S/C17H17ClN4O/c1-10-7-8-11(9-13(10)18)19-16(23)12-5-4-6-14-15(12)21-17(20-14)22(2)3/h4-9H,1-3H3,(H,19,23)(H,20,21). The number of hydrogen-bond donors (Lipinski definition) is 2. The highest BCUT2D eigenvalue weighted by Gasteiger charge is 2.14. The number of aryl methyl sites for hydroxylation is 1. The van der Waals surface area contributed by atoms with Gasteiger partial charge in [0.05, 0.1) is 11.1 Å². The highest BCUT2D eigenvalue weighted by molar-refractivity contribution is 6.31. The quantitative estimate of drug-likeness (QED) is 0.768. The van der Waals surface area contributed by atoms with E-state index in [2.05, 4.69) is 15.3 Å². The Kier molecular flexibility index (Phi) is 3.96. The van der Waals surface area contributed by atoms with Crippen molar-refractivity contribution in [3.05, 3.63) is 52.5 Å². The molecule has 3 aromatic rings. The summed E-state index contributed by atoms with van der Waals surface area (Å²) in [7, 11) is 3.79. The second-order valence-corrected chi connectivity index (χ2v) is 5.98. The number of aromatic amines is 1. The molecule has 0 radical (unpaired) electrons. The highest BCUT2D eigenvalue weighted by Crippen LogP contribution is 2.23. The first-order chi connectivity index (χ1) is 11.0. The van der Waals surface area contributed by atoms with Crippen molar-refractivity contribution in [1.82, 2.24) is 9.97 Å². The van der Waals surface area contributed by atoms with Gasteiger partial charge >= 0.3 is 0 Å². The van der Waals surface area contributed by atoms with Gasteiger partial charge in [-0.2, -0.15) is 0 Å². The monoisotopic (exact) mass is 328 g/mol. The van der Waals surface area contributed by atoms with E-state index in [0.717, 1.165) is 11.1 Å². The number of amides is 1. The molecule has 3 rings (SSSR count). The minimum Gasteiger partial charge on any atom is -0.349 e. The lowest BCUT2D eigenvalue weighted by Gasteiger charge is -2.07. The fourth-order valence-electron chi connectivity index (χ4n) is 2.28. The lowest BCUT2D eigenvalue weighted by molar-refractivity contribution is 0.102. The van der Waals surface area contributed by atoms with Crippen LogP contribution in [0.15, 0.2) is 36.4 Å². The van der Waals surface area contributed by atoms with Crippen LogP contribution in [-0.4, -0.2) is 30.0 Å². The zero-order valence-corrected chi connectivity index (χ0v) is 13.9. The van der Waals surface area contributed by atoms with Gasteiger partial charge in [-0.1, -0.05) is 23.7 Å². The third kappa shape index (κ3) is 3.00. The number of anilines is 2. The first-order valence-electron chi connectivity index (χ1n) is 7.19. The Morgan fingerprint density at radius 2 is 2.04 bits per heavy atom. The number of halogens is 1. The third-order valence-corrected chi connectivity index (χ3v) is 4.01. The van der Waals surface area contributed by atoms with Crippen molar-refractivity contribution >= 4 is 40.2 Å². The Labute approximate surface area is 139 Å². The summed E-state index contributed by atoms with van der Waals surface area (Å²) in [5.41, 5.74) is 3.61. The molecule has 0 unspecified atom stereocenters. The van der Waals surface area contributed by atoms with Gasteiger partial charge in [-0.25, -0.2) is 4.98 Å². The van der Waals surface area contributed by atoms with Gasteiger partial charge in [-0.3, -0.25) is 4.79 Å². The van der Waals surface area contributed by atoms with E-state index in [1.54, 1.807) is 12.1 Å². The number of H-pyrrole nitrogens is 1. The molecule has 0 spiro atoms. The van der Waals surface area contributed by atoms with Gasteiger partial charge in [0.1, 0.15) is 5.52 Å². The van der Waals surface area contributed by atoms with Crippen LogP contribution in [0, 0.1) is 6.92 Å². The molecule has 1 aromatic heterocycles. The van der Waals surface area contributed by atoms with E-state index in [0.29, 0.717) is 27.7 Å². The predicted molar refractivity (Wildman–Crippen MR) is 94.6 cm³/mol. The second kappa shape index (κ2) is 5.93. The number of nitrogens with one attached hydrogen (secondary N) is 2. The van der Waals surface area contributed by atoms with E-state index in [4.69, 9.17) is 11.6 Å². The first-order valence-corrected chi connectivity index (χ1v) is 7.57. The number of imidazole rings is 1. The molecule has 0 fully saturated rings. The third-order valence-electron chi connectivity index (χ3n) is 3.60. The molecule has 5 nitrogen and oxygen atoms in total. The van der Waals surface area contributed by atoms with E-state index in [9.17, 15) is 4.79 Å². The number of fused-ring (bicyclic) bond motifs is 1. The van der Waals surface area contributed by atoms with Gasteiger partial charge in [0.15, 0.2) is 0 Å². The number of rotatable bonds is 3. The van der Waals surface area contributed by atoms with E-state index >= 15 is 0 Å². The number of nitrogens with zero attached hydrogens (tertiary/aromatic N) is 2. The number of hydrogen-bond acceptors (Lipinski definition) is 3. The molecule has 0 saturated carbocycles. The van der Waals surface area contributed by atoms with Crippen LogP contribution >= 0.6 is 11.6 Å². The van der Waals surface area contributed by atoms with Gasteiger partial charge in [-0.05, 0) is 36.8 Å². The van der Waals surface area contributed by atoms with Crippen LogP contribution in [0.5, 0.6) is 0 Å². The van der Waals surface area contributed by atoms with Crippen molar-refractivity contribution in [3.63, 3.8) is 0 Å². The SMILES string of the molecule is Cc1ccc(NC(=O)c2cccc3[nH]c(N(C)C)nc23)cc1Cl. The van der Waals surface area contributed by atoms with Crippen LogP contribution in [0.4, 0.5) is 11.6 Å². The minimum absolute atomic E-state index is 0.215. The van der Waals surface area contributed by atoms with Gasteiger partial charge in [0.2, 0.25) is 5.95 Å². The summed E-state index contributed by atoms with van der Waals surface area (Å²) >= 11 is 6.10. The van der Waals surface area contributed by atoms with E-state index in [-0.39, 0.29) is 5.91 Å². The Bertz CT molecular complexity index is 885. The molecule has 6 heteroatoms. The van der Waals surface area contributed by atoms with Crippen LogP contribution < -0.4 is 10.2 Å². The maximum atomic E-state index is 12.6. The normalized spacial score (nSPS) is 10.8. The maximum absolute atomic E-state index is 12.6. The van der Waals surface area contributed by atoms with Crippen LogP contribution in [0.1, 0.15) is 15.9 Å². The van der Waals surface area contributed by atoms with Crippen LogP contribution in [0.25, 0.3) is 11.0 Å². The molecule has 0 atom stereocenters. The number of aromatic nitrogens is 2. The van der Waals surface area contributed by atoms with Gasteiger partial charge in [-0.15, -0.1) is 0 Å². The fourth-order valence-corrected chi connectivity index (χ4v) is 2.46. The number of carbonyl (C=O) groups excluding carboxylic acids is 1. The molecular formula is C17H17ClN4O. The predicted octanol–water partition coefficient (Wildman–Crippen LogP) is 3.84. The van der Waals surface area contributed by atoms with Crippen molar-refractivity contribution in [2.24, 2.45) is 0 Å². The average Bonchev–Trinajstić information content (AvgIpc) is 2.95. The highest BCUT2D eigenvalue weighted by atomic mass is 35.5. The van der Waals surface area contributed by atoms with E-state index in [1.807, 2.05) is 50.2 Å². The number of benzene rings is 2. The molecule has 2 aromatic carbocycles. The first kappa shape index (κ1) is 15.4. The maximum Gasteiger partial charge on any atom is 0.257 e. The lowest BCUT2D eigenvalue weighted by Crippen LogP contribution is -2.13. The molecule has 2 N–H and O–H groups in total. The van der Waals surface area contributed by atoms with Crippen molar-refractivity contribution < 1.29 is 4.79 Å². The molecule has 0 aliphatic carbocycles. The summed E-state index contributed by atoms with van der Waals surface area (Å²) < 4.78 is 0.